The Kier molecular flexibility index (Phi) is 5.77. The SMILES string of the molecule is CC[C@H](C)[C@@H](N)c1nnc(S(=O)(=O)CC)n1Cc1ccc(C)cc1. The molecule has 0 fully saturated rings. The van der Waals surface area contributed by atoms with E-state index in [9.17, 15) is 8.42 Å². The highest BCUT2D eigenvalue weighted by atomic mass is 32.2. The van der Waals surface area contributed by atoms with Crippen LogP contribution in [0.3, 0.4) is 0 Å². The smallest absolute Gasteiger partial charge is 0.250 e. The maximum Gasteiger partial charge on any atom is 0.250 e. The van der Waals surface area contributed by atoms with E-state index in [1.54, 1.807) is 11.5 Å². The van der Waals surface area contributed by atoms with Crippen molar-refractivity contribution in [3.8, 4) is 0 Å². The lowest BCUT2D eigenvalue weighted by molar-refractivity contribution is 0.421. The summed E-state index contributed by atoms with van der Waals surface area (Å²) in [6.07, 6.45) is 0.883. The molecule has 0 saturated heterocycles. The van der Waals surface area contributed by atoms with E-state index in [1.807, 2.05) is 38.1 Å². The molecule has 132 valence electrons. The fourth-order valence-corrected chi connectivity index (χ4v) is 3.36. The Bertz CT molecular complexity index is 781. The molecule has 2 atom stereocenters. The maximum atomic E-state index is 12.4. The molecule has 2 aromatic rings. The average molecular weight is 350 g/mol. The summed E-state index contributed by atoms with van der Waals surface area (Å²) in [7, 11) is -3.47. The number of hydrogen-bond donors (Lipinski definition) is 1. The topological polar surface area (TPSA) is 90.9 Å². The van der Waals surface area contributed by atoms with Crippen LogP contribution in [0.1, 0.15) is 50.2 Å². The maximum absolute atomic E-state index is 12.4. The highest BCUT2D eigenvalue weighted by Gasteiger charge is 2.27. The van der Waals surface area contributed by atoms with Crippen LogP contribution in [0.15, 0.2) is 29.4 Å². The first-order chi connectivity index (χ1) is 11.3. The molecule has 0 spiro atoms. The molecule has 0 radical (unpaired) electrons. The van der Waals surface area contributed by atoms with E-state index < -0.39 is 9.84 Å². The number of hydrogen-bond acceptors (Lipinski definition) is 5. The molecule has 24 heavy (non-hydrogen) atoms. The summed E-state index contributed by atoms with van der Waals surface area (Å²) >= 11 is 0. The molecule has 0 saturated carbocycles. The van der Waals surface area contributed by atoms with E-state index in [4.69, 9.17) is 5.73 Å². The third kappa shape index (κ3) is 3.84. The molecule has 1 aromatic carbocycles. The van der Waals surface area contributed by atoms with Crippen LogP contribution in [-0.2, 0) is 16.4 Å². The molecule has 7 heteroatoms. The van der Waals surface area contributed by atoms with Gasteiger partial charge in [-0.25, -0.2) is 8.42 Å². The molecular weight excluding hydrogens is 324 g/mol. The van der Waals surface area contributed by atoms with Crippen LogP contribution < -0.4 is 5.73 Å². The van der Waals surface area contributed by atoms with Crippen LogP contribution >= 0.6 is 0 Å². The van der Waals surface area contributed by atoms with Crippen LogP contribution in [0.25, 0.3) is 0 Å². The normalized spacial score (nSPS) is 14.5. The van der Waals surface area contributed by atoms with Crippen molar-refractivity contribution >= 4 is 9.84 Å². The van der Waals surface area contributed by atoms with Crippen molar-refractivity contribution in [2.45, 2.75) is 51.9 Å². The summed E-state index contributed by atoms with van der Waals surface area (Å²) in [6, 6.07) is 7.62. The molecule has 0 aliphatic carbocycles. The molecule has 6 nitrogen and oxygen atoms in total. The number of aromatic nitrogens is 3. The van der Waals surface area contributed by atoms with Crippen molar-refractivity contribution < 1.29 is 8.42 Å². The van der Waals surface area contributed by atoms with Crippen molar-refractivity contribution in [3.05, 3.63) is 41.2 Å². The van der Waals surface area contributed by atoms with Gasteiger partial charge in [0.2, 0.25) is 15.0 Å². The Balaban J connectivity index is 2.51. The van der Waals surface area contributed by atoms with Gasteiger partial charge in [0, 0.05) is 0 Å². The Labute approximate surface area is 144 Å². The predicted octanol–water partition coefficient (Wildman–Crippen LogP) is 2.47. The van der Waals surface area contributed by atoms with Crippen molar-refractivity contribution in [3.63, 3.8) is 0 Å². The monoisotopic (exact) mass is 350 g/mol. The van der Waals surface area contributed by atoms with E-state index in [-0.39, 0.29) is 22.9 Å². The van der Waals surface area contributed by atoms with Crippen molar-refractivity contribution in [2.24, 2.45) is 11.7 Å². The highest BCUT2D eigenvalue weighted by molar-refractivity contribution is 7.91. The number of rotatable bonds is 7. The number of nitrogens with two attached hydrogens (primary N) is 1. The summed E-state index contributed by atoms with van der Waals surface area (Å²) in [4.78, 5) is 0. The molecule has 1 aromatic heterocycles. The van der Waals surface area contributed by atoms with Gasteiger partial charge in [-0.2, -0.15) is 0 Å². The van der Waals surface area contributed by atoms with Crippen molar-refractivity contribution in [1.82, 2.24) is 14.8 Å². The van der Waals surface area contributed by atoms with Crippen molar-refractivity contribution in [2.75, 3.05) is 5.75 Å². The fraction of sp³-hybridized carbons (Fsp3) is 0.529. The van der Waals surface area contributed by atoms with Gasteiger partial charge in [0.05, 0.1) is 18.3 Å². The van der Waals surface area contributed by atoms with Gasteiger partial charge < -0.3 is 5.73 Å². The number of benzene rings is 1. The van der Waals surface area contributed by atoms with Crippen LogP contribution in [0.2, 0.25) is 0 Å². The molecule has 2 rings (SSSR count). The summed E-state index contributed by atoms with van der Waals surface area (Å²) < 4.78 is 26.4. The summed E-state index contributed by atoms with van der Waals surface area (Å²) in [5, 5.41) is 8.08. The zero-order valence-corrected chi connectivity index (χ0v) is 15.5. The second-order valence-electron chi connectivity index (χ2n) is 6.23. The number of sulfone groups is 1. The van der Waals surface area contributed by atoms with Gasteiger partial charge in [0.1, 0.15) is 0 Å². The minimum atomic E-state index is -3.47. The predicted molar refractivity (Wildman–Crippen MR) is 94.4 cm³/mol. The fourth-order valence-electron chi connectivity index (χ4n) is 2.44. The standard InChI is InChI=1S/C17H26N4O2S/c1-5-13(4)15(18)16-19-20-17(24(22,23)6-2)21(16)11-14-9-7-12(3)8-10-14/h7-10,13,15H,5-6,11,18H2,1-4H3/t13-,15+/m0/s1. The van der Waals surface area contributed by atoms with Gasteiger partial charge in [-0.3, -0.25) is 4.57 Å². The third-order valence-corrected chi connectivity index (χ3v) is 6.04. The zero-order chi connectivity index (χ0) is 17.9. The Morgan fingerprint density at radius 2 is 1.79 bits per heavy atom. The van der Waals surface area contributed by atoms with Crippen LogP contribution in [-0.4, -0.2) is 28.9 Å². The third-order valence-electron chi connectivity index (χ3n) is 4.42. The Morgan fingerprint density at radius 3 is 2.33 bits per heavy atom. The first-order valence-corrected chi connectivity index (χ1v) is 9.92. The first-order valence-electron chi connectivity index (χ1n) is 8.27. The first kappa shape index (κ1) is 18.6. The van der Waals surface area contributed by atoms with Gasteiger partial charge in [-0.05, 0) is 18.4 Å². The molecule has 2 N–H and O–H groups in total. The van der Waals surface area contributed by atoms with E-state index in [0.29, 0.717) is 12.4 Å². The Morgan fingerprint density at radius 1 is 1.17 bits per heavy atom. The van der Waals surface area contributed by atoms with E-state index >= 15 is 0 Å². The van der Waals surface area contributed by atoms with Gasteiger partial charge >= 0.3 is 0 Å². The van der Waals surface area contributed by atoms with Crippen molar-refractivity contribution in [1.29, 1.82) is 0 Å². The van der Waals surface area contributed by atoms with Gasteiger partial charge in [0.15, 0.2) is 5.82 Å². The van der Waals surface area contributed by atoms with Crippen LogP contribution in [0, 0.1) is 12.8 Å². The molecule has 1 heterocycles. The minimum Gasteiger partial charge on any atom is -0.321 e. The molecule has 0 unspecified atom stereocenters. The zero-order valence-electron chi connectivity index (χ0n) is 14.7. The largest absolute Gasteiger partial charge is 0.321 e. The number of aryl methyl sites for hydroxylation is 1. The molecule has 0 aliphatic rings. The van der Waals surface area contributed by atoms with Crippen LogP contribution in [0.4, 0.5) is 0 Å². The van der Waals surface area contributed by atoms with E-state index in [1.165, 1.54) is 0 Å². The molecule has 0 amide bonds. The quantitative estimate of drug-likeness (QED) is 0.828. The van der Waals surface area contributed by atoms with Gasteiger partial charge in [-0.1, -0.05) is 57.0 Å². The molecule has 0 bridgehead atoms. The van der Waals surface area contributed by atoms with Gasteiger partial charge in [0.25, 0.3) is 0 Å². The molecular formula is C17H26N4O2S. The van der Waals surface area contributed by atoms with Crippen LogP contribution in [0.5, 0.6) is 0 Å². The second-order valence-corrected chi connectivity index (χ2v) is 8.40. The lowest BCUT2D eigenvalue weighted by Gasteiger charge is -2.19. The van der Waals surface area contributed by atoms with E-state index in [0.717, 1.165) is 17.5 Å². The Hall–Kier alpha value is -1.73. The summed E-state index contributed by atoms with van der Waals surface area (Å²) in [5.74, 6) is 0.692. The lowest BCUT2D eigenvalue weighted by Crippen LogP contribution is -2.24. The summed E-state index contributed by atoms with van der Waals surface area (Å²) in [5.41, 5.74) is 8.45. The second kappa shape index (κ2) is 7.44. The minimum absolute atomic E-state index is 0.000622. The average Bonchev–Trinajstić information content (AvgIpc) is 2.99. The summed E-state index contributed by atoms with van der Waals surface area (Å²) in [6.45, 7) is 8.09. The van der Waals surface area contributed by atoms with Gasteiger partial charge in [-0.15, -0.1) is 10.2 Å². The highest BCUT2D eigenvalue weighted by Crippen LogP contribution is 2.24. The number of nitrogens with zero attached hydrogens (tertiary/aromatic N) is 3. The van der Waals surface area contributed by atoms with E-state index in [2.05, 4.69) is 17.1 Å². The molecule has 0 aliphatic heterocycles. The lowest BCUT2D eigenvalue weighted by atomic mass is 9.99.